The van der Waals surface area contributed by atoms with Gasteiger partial charge in [-0.15, -0.1) is 0 Å². The molecular weight excluding hydrogens is 400 g/mol. The first-order valence-corrected chi connectivity index (χ1v) is 11.0. The zero-order valence-corrected chi connectivity index (χ0v) is 17.7. The van der Waals surface area contributed by atoms with Gasteiger partial charge in [0.2, 0.25) is 0 Å². The van der Waals surface area contributed by atoms with Crippen LogP contribution in [0.3, 0.4) is 0 Å². The molecule has 0 saturated carbocycles. The van der Waals surface area contributed by atoms with E-state index in [0.29, 0.717) is 24.3 Å². The Morgan fingerprint density at radius 3 is 2.30 bits per heavy atom. The number of nitrogens with zero attached hydrogens (tertiary/aromatic N) is 1. The molecule has 6 nitrogen and oxygen atoms in total. The highest BCUT2D eigenvalue weighted by atomic mass is 32.2. The molecule has 0 saturated heterocycles. The SMILES string of the molecule is CCN(Cc1ccccc1)c1ccc(NS(=O)(=O)c2ccccc2C)cc1C(=O)O. The summed E-state index contributed by atoms with van der Waals surface area (Å²) in [7, 11) is -3.83. The molecule has 0 heterocycles. The fraction of sp³-hybridized carbons (Fsp3) is 0.174. The minimum absolute atomic E-state index is 0.0396. The minimum atomic E-state index is -3.83. The van der Waals surface area contributed by atoms with Gasteiger partial charge in [-0.05, 0) is 49.2 Å². The van der Waals surface area contributed by atoms with Crippen LogP contribution in [0.5, 0.6) is 0 Å². The zero-order chi connectivity index (χ0) is 21.7. The molecule has 3 rings (SSSR count). The molecule has 0 spiro atoms. The third-order valence-electron chi connectivity index (χ3n) is 4.80. The van der Waals surface area contributed by atoms with E-state index in [-0.39, 0.29) is 16.1 Å². The highest BCUT2D eigenvalue weighted by molar-refractivity contribution is 7.92. The number of carbonyl (C=O) groups is 1. The van der Waals surface area contributed by atoms with E-state index in [2.05, 4.69) is 4.72 Å². The number of hydrogen-bond acceptors (Lipinski definition) is 4. The Balaban J connectivity index is 1.93. The van der Waals surface area contributed by atoms with Crippen molar-refractivity contribution in [2.24, 2.45) is 0 Å². The molecule has 0 unspecified atom stereocenters. The Labute approximate surface area is 176 Å². The van der Waals surface area contributed by atoms with Crippen LogP contribution in [-0.2, 0) is 16.6 Å². The van der Waals surface area contributed by atoms with Crippen molar-refractivity contribution in [1.82, 2.24) is 0 Å². The van der Waals surface area contributed by atoms with Crippen molar-refractivity contribution >= 4 is 27.4 Å². The molecule has 0 aliphatic heterocycles. The van der Waals surface area contributed by atoms with Gasteiger partial charge in [0.05, 0.1) is 16.1 Å². The molecule has 30 heavy (non-hydrogen) atoms. The number of aryl methyl sites for hydroxylation is 1. The topological polar surface area (TPSA) is 86.7 Å². The highest BCUT2D eigenvalue weighted by Crippen LogP contribution is 2.28. The maximum atomic E-state index is 12.8. The molecule has 0 atom stereocenters. The largest absolute Gasteiger partial charge is 0.478 e. The van der Waals surface area contributed by atoms with Crippen LogP contribution in [0.25, 0.3) is 0 Å². The molecule has 3 aromatic carbocycles. The van der Waals surface area contributed by atoms with Gasteiger partial charge in [-0.2, -0.15) is 0 Å². The van der Waals surface area contributed by atoms with E-state index in [1.54, 1.807) is 37.3 Å². The number of aromatic carboxylic acids is 1. The van der Waals surface area contributed by atoms with Crippen molar-refractivity contribution in [2.45, 2.75) is 25.3 Å². The van der Waals surface area contributed by atoms with Gasteiger partial charge in [0.15, 0.2) is 0 Å². The van der Waals surface area contributed by atoms with E-state index >= 15 is 0 Å². The zero-order valence-electron chi connectivity index (χ0n) is 16.9. The normalized spacial score (nSPS) is 11.1. The van der Waals surface area contributed by atoms with Gasteiger partial charge in [-0.3, -0.25) is 4.72 Å². The van der Waals surface area contributed by atoms with Gasteiger partial charge in [-0.25, -0.2) is 13.2 Å². The fourth-order valence-corrected chi connectivity index (χ4v) is 4.58. The van der Waals surface area contributed by atoms with Crippen LogP contribution >= 0.6 is 0 Å². The molecule has 0 aromatic heterocycles. The Kier molecular flexibility index (Phi) is 6.42. The van der Waals surface area contributed by atoms with Gasteiger partial charge in [0, 0.05) is 18.8 Å². The molecular formula is C23H24N2O4S. The van der Waals surface area contributed by atoms with Crippen LogP contribution in [0.2, 0.25) is 0 Å². The van der Waals surface area contributed by atoms with E-state index in [1.807, 2.05) is 42.2 Å². The second-order valence-electron chi connectivity index (χ2n) is 6.91. The molecule has 0 amide bonds. The molecule has 156 valence electrons. The van der Waals surface area contributed by atoms with Crippen molar-refractivity contribution in [3.63, 3.8) is 0 Å². The summed E-state index contributed by atoms with van der Waals surface area (Å²) >= 11 is 0. The third kappa shape index (κ3) is 4.80. The van der Waals surface area contributed by atoms with Crippen molar-refractivity contribution < 1.29 is 18.3 Å². The highest BCUT2D eigenvalue weighted by Gasteiger charge is 2.20. The Morgan fingerprint density at radius 1 is 1.00 bits per heavy atom. The van der Waals surface area contributed by atoms with Crippen LogP contribution in [0.4, 0.5) is 11.4 Å². The monoisotopic (exact) mass is 424 g/mol. The minimum Gasteiger partial charge on any atom is -0.478 e. The summed E-state index contributed by atoms with van der Waals surface area (Å²) < 4.78 is 28.0. The second kappa shape index (κ2) is 9.00. The van der Waals surface area contributed by atoms with Gasteiger partial charge in [0.25, 0.3) is 10.0 Å². The standard InChI is InChI=1S/C23H24N2O4S/c1-3-25(16-18-10-5-4-6-11-18)21-14-13-19(15-20(21)23(26)27)24-30(28,29)22-12-8-7-9-17(22)2/h4-15,24H,3,16H2,1-2H3,(H,26,27). The van der Waals surface area contributed by atoms with E-state index in [4.69, 9.17) is 0 Å². The van der Waals surface area contributed by atoms with Crippen molar-refractivity contribution in [3.8, 4) is 0 Å². The number of rotatable bonds is 8. The molecule has 3 aromatic rings. The predicted molar refractivity (Wildman–Crippen MR) is 119 cm³/mol. The van der Waals surface area contributed by atoms with Gasteiger partial charge in [0.1, 0.15) is 0 Å². The molecule has 0 fully saturated rings. The summed E-state index contributed by atoms with van der Waals surface area (Å²) in [5.41, 5.74) is 2.45. The van der Waals surface area contributed by atoms with Crippen LogP contribution < -0.4 is 9.62 Å². The summed E-state index contributed by atoms with van der Waals surface area (Å²) in [5.74, 6) is -1.12. The number of sulfonamides is 1. The number of carboxylic acid groups (broad SMARTS) is 1. The molecule has 7 heteroatoms. The van der Waals surface area contributed by atoms with Crippen LogP contribution in [0.1, 0.15) is 28.4 Å². The van der Waals surface area contributed by atoms with Crippen molar-refractivity contribution in [2.75, 3.05) is 16.2 Å². The third-order valence-corrected chi connectivity index (χ3v) is 6.34. The maximum absolute atomic E-state index is 12.8. The summed E-state index contributed by atoms with van der Waals surface area (Å²) in [5, 5.41) is 9.76. The number of carboxylic acids is 1. The first kappa shape index (κ1) is 21.4. The number of nitrogens with one attached hydrogen (secondary N) is 1. The quantitative estimate of drug-likeness (QED) is 0.555. The Bertz CT molecular complexity index is 1140. The van der Waals surface area contributed by atoms with E-state index < -0.39 is 16.0 Å². The fourth-order valence-electron chi connectivity index (χ4n) is 3.29. The average molecular weight is 425 g/mol. The van der Waals surface area contributed by atoms with Gasteiger partial charge < -0.3 is 10.0 Å². The predicted octanol–water partition coefficient (Wildman–Crippen LogP) is 4.52. The van der Waals surface area contributed by atoms with E-state index in [0.717, 1.165) is 5.56 Å². The van der Waals surface area contributed by atoms with Crippen molar-refractivity contribution in [3.05, 3.63) is 89.5 Å². The van der Waals surface area contributed by atoms with E-state index in [1.165, 1.54) is 12.1 Å². The number of anilines is 2. The molecule has 0 aliphatic carbocycles. The lowest BCUT2D eigenvalue weighted by atomic mass is 10.1. The van der Waals surface area contributed by atoms with Crippen LogP contribution in [-0.4, -0.2) is 26.0 Å². The number of benzene rings is 3. The van der Waals surface area contributed by atoms with Gasteiger partial charge in [-0.1, -0.05) is 48.5 Å². The summed E-state index contributed by atoms with van der Waals surface area (Å²) in [4.78, 5) is 14.0. The van der Waals surface area contributed by atoms with Crippen LogP contribution in [0.15, 0.2) is 77.7 Å². The summed E-state index contributed by atoms with van der Waals surface area (Å²) in [6.07, 6.45) is 0. The van der Waals surface area contributed by atoms with Gasteiger partial charge >= 0.3 is 5.97 Å². The van der Waals surface area contributed by atoms with Crippen LogP contribution in [0, 0.1) is 6.92 Å². The summed E-state index contributed by atoms with van der Waals surface area (Å²) in [6, 6.07) is 21.0. The molecule has 0 aliphatic rings. The van der Waals surface area contributed by atoms with E-state index in [9.17, 15) is 18.3 Å². The first-order chi connectivity index (χ1) is 14.3. The average Bonchev–Trinajstić information content (AvgIpc) is 2.72. The number of hydrogen-bond donors (Lipinski definition) is 2. The maximum Gasteiger partial charge on any atom is 0.337 e. The lowest BCUT2D eigenvalue weighted by molar-refractivity contribution is 0.0697. The molecule has 0 radical (unpaired) electrons. The Morgan fingerprint density at radius 2 is 1.67 bits per heavy atom. The first-order valence-electron chi connectivity index (χ1n) is 9.56. The molecule has 2 N–H and O–H groups in total. The second-order valence-corrected chi connectivity index (χ2v) is 8.56. The smallest absolute Gasteiger partial charge is 0.337 e. The molecule has 0 bridgehead atoms. The summed E-state index contributed by atoms with van der Waals surface area (Å²) in [6.45, 7) is 4.81. The Hall–Kier alpha value is -3.32. The lowest BCUT2D eigenvalue weighted by Gasteiger charge is -2.25. The van der Waals surface area contributed by atoms with Crippen molar-refractivity contribution in [1.29, 1.82) is 0 Å². The lowest BCUT2D eigenvalue weighted by Crippen LogP contribution is -2.24.